The molecule has 208 valence electrons. The first-order valence-electron chi connectivity index (χ1n) is 14.1. The molecule has 5 aromatic rings. The Balaban J connectivity index is 1.42. The third kappa shape index (κ3) is 6.23. The van der Waals surface area contributed by atoms with Crippen molar-refractivity contribution in [1.82, 2.24) is 14.9 Å². The van der Waals surface area contributed by atoms with Gasteiger partial charge < -0.3 is 15.0 Å². The number of aromatic nitrogens is 2. The first-order chi connectivity index (χ1) is 19.9. The molecule has 0 aliphatic heterocycles. The van der Waals surface area contributed by atoms with Crippen molar-refractivity contribution in [3.8, 4) is 11.1 Å². The van der Waals surface area contributed by atoms with Gasteiger partial charge in [0.25, 0.3) is 0 Å². The minimum atomic E-state index is -0.924. The zero-order chi connectivity index (χ0) is 28.9. The normalized spacial score (nSPS) is 11.9. The summed E-state index contributed by atoms with van der Waals surface area (Å²) in [4.78, 5) is 17.5. The monoisotopic (exact) mass is 561 g/mol. The van der Waals surface area contributed by atoms with E-state index in [4.69, 9.17) is 17.2 Å². The lowest BCUT2D eigenvalue weighted by molar-refractivity contribution is 0.0697. The van der Waals surface area contributed by atoms with Crippen molar-refractivity contribution < 1.29 is 9.90 Å². The third-order valence-electron chi connectivity index (χ3n) is 7.56. The number of hydrogen-bond donors (Lipinski definition) is 2. The zero-order valence-corrected chi connectivity index (χ0v) is 24.5. The van der Waals surface area contributed by atoms with Gasteiger partial charge >= 0.3 is 5.97 Å². The van der Waals surface area contributed by atoms with E-state index in [1.54, 1.807) is 12.1 Å². The number of thiocarbonyl (C=S) groups is 1. The van der Waals surface area contributed by atoms with E-state index in [1.807, 2.05) is 30.3 Å². The van der Waals surface area contributed by atoms with Crippen molar-refractivity contribution in [1.29, 1.82) is 0 Å². The molecular formula is C35H35N3O2S. The van der Waals surface area contributed by atoms with Crippen LogP contribution in [0.1, 0.15) is 64.6 Å². The summed E-state index contributed by atoms with van der Waals surface area (Å²) in [6, 6.07) is 30.0. The van der Waals surface area contributed by atoms with Crippen LogP contribution in [0.5, 0.6) is 0 Å². The van der Waals surface area contributed by atoms with E-state index in [9.17, 15) is 9.90 Å². The Bertz CT molecular complexity index is 1690. The van der Waals surface area contributed by atoms with Crippen molar-refractivity contribution in [2.45, 2.75) is 46.1 Å². The number of benzene rings is 4. The van der Waals surface area contributed by atoms with Gasteiger partial charge in [-0.25, -0.2) is 9.78 Å². The van der Waals surface area contributed by atoms with Crippen LogP contribution in [0.2, 0.25) is 0 Å². The van der Waals surface area contributed by atoms with Crippen molar-refractivity contribution in [2.75, 3.05) is 6.54 Å². The van der Waals surface area contributed by atoms with Crippen molar-refractivity contribution in [3.05, 3.63) is 125 Å². The van der Waals surface area contributed by atoms with Crippen LogP contribution in [-0.4, -0.2) is 32.2 Å². The van der Waals surface area contributed by atoms with Gasteiger partial charge in [-0.3, -0.25) is 0 Å². The van der Waals surface area contributed by atoms with E-state index in [1.165, 1.54) is 5.56 Å². The van der Waals surface area contributed by atoms with Gasteiger partial charge in [0, 0.05) is 25.1 Å². The van der Waals surface area contributed by atoms with Gasteiger partial charge in [-0.15, -0.1) is 0 Å². The fourth-order valence-corrected chi connectivity index (χ4v) is 5.50. The first-order valence-corrected chi connectivity index (χ1v) is 14.5. The van der Waals surface area contributed by atoms with E-state index >= 15 is 0 Å². The number of fused-ring (bicyclic) bond motifs is 1. The predicted octanol–water partition coefficient (Wildman–Crippen LogP) is 7.78. The minimum Gasteiger partial charge on any atom is -0.478 e. The summed E-state index contributed by atoms with van der Waals surface area (Å²) in [6.45, 7) is 7.90. The largest absolute Gasteiger partial charge is 0.478 e. The quantitative estimate of drug-likeness (QED) is 0.170. The van der Waals surface area contributed by atoms with Crippen molar-refractivity contribution in [2.24, 2.45) is 0 Å². The molecule has 0 fully saturated rings. The van der Waals surface area contributed by atoms with Crippen LogP contribution in [0.3, 0.4) is 0 Å². The second-order valence-corrected chi connectivity index (χ2v) is 11.0. The number of aryl methyl sites for hydroxylation is 2. The Morgan fingerprint density at radius 2 is 1.71 bits per heavy atom. The molecule has 5 rings (SSSR count). The van der Waals surface area contributed by atoms with Crippen LogP contribution in [0.25, 0.3) is 22.2 Å². The fourth-order valence-electron chi connectivity index (χ4n) is 5.30. The van der Waals surface area contributed by atoms with E-state index < -0.39 is 5.97 Å². The number of nitrogens with zero attached hydrogens (tertiary/aromatic N) is 2. The topological polar surface area (TPSA) is 67.2 Å². The van der Waals surface area contributed by atoms with Crippen LogP contribution in [-0.2, 0) is 13.0 Å². The first kappa shape index (κ1) is 28.2. The summed E-state index contributed by atoms with van der Waals surface area (Å²) >= 11 is 5.85. The number of aromatic carboxylic acids is 1. The van der Waals surface area contributed by atoms with Gasteiger partial charge in [0.15, 0.2) is 0 Å². The molecule has 0 bridgehead atoms. The van der Waals surface area contributed by atoms with Crippen molar-refractivity contribution in [3.63, 3.8) is 0 Å². The van der Waals surface area contributed by atoms with E-state index in [2.05, 4.69) is 79.2 Å². The highest BCUT2D eigenvalue weighted by molar-refractivity contribution is 7.80. The molecule has 0 saturated carbocycles. The number of carboxylic acid groups (broad SMARTS) is 1. The molecule has 0 saturated heterocycles. The highest BCUT2D eigenvalue weighted by atomic mass is 32.1. The molecule has 0 aliphatic carbocycles. The van der Waals surface area contributed by atoms with E-state index in [-0.39, 0.29) is 0 Å². The number of carbonyl (C=O) groups is 1. The van der Waals surface area contributed by atoms with Gasteiger partial charge in [0.05, 0.1) is 16.6 Å². The van der Waals surface area contributed by atoms with Gasteiger partial charge in [-0.1, -0.05) is 98.9 Å². The standard InChI is InChI=1S/C35H35N3O2S/c1-4-10-32-37-33-23(2)19-28(34(41)36-21-24(3)26-11-6-5-7-12-26)20-31(33)38(32)22-25-15-17-27(18-16-25)29-13-8-9-14-30(29)35(39)40/h5-9,11-20,24H,4,10,21-22H2,1-3H3,(H,36,41)(H,39,40)/t24-/m1/s1. The zero-order valence-electron chi connectivity index (χ0n) is 23.7. The molecule has 0 amide bonds. The molecule has 1 heterocycles. The van der Waals surface area contributed by atoms with Crippen LogP contribution < -0.4 is 5.32 Å². The fraction of sp³-hybridized carbons (Fsp3) is 0.229. The Hall–Kier alpha value is -4.29. The Morgan fingerprint density at radius 3 is 2.41 bits per heavy atom. The summed E-state index contributed by atoms with van der Waals surface area (Å²) in [5.41, 5.74) is 8.49. The van der Waals surface area contributed by atoms with Gasteiger partial charge in [0.2, 0.25) is 0 Å². The number of rotatable bonds is 10. The van der Waals surface area contributed by atoms with Crippen LogP contribution in [0.4, 0.5) is 0 Å². The van der Waals surface area contributed by atoms with E-state index in [0.29, 0.717) is 23.6 Å². The number of nitrogens with one attached hydrogen (secondary N) is 1. The lowest BCUT2D eigenvalue weighted by Gasteiger charge is -2.16. The molecular weight excluding hydrogens is 526 g/mol. The Morgan fingerprint density at radius 1 is 1.00 bits per heavy atom. The molecule has 41 heavy (non-hydrogen) atoms. The lowest BCUT2D eigenvalue weighted by Crippen LogP contribution is -2.26. The smallest absolute Gasteiger partial charge is 0.336 e. The molecule has 0 unspecified atom stereocenters. The maximum Gasteiger partial charge on any atom is 0.336 e. The third-order valence-corrected chi connectivity index (χ3v) is 7.94. The van der Waals surface area contributed by atoms with Gasteiger partial charge in [0.1, 0.15) is 10.8 Å². The lowest BCUT2D eigenvalue weighted by atomic mass is 9.98. The number of hydrogen-bond acceptors (Lipinski definition) is 3. The minimum absolute atomic E-state index is 0.303. The average Bonchev–Trinajstić information content (AvgIpc) is 3.34. The Kier molecular flexibility index (Phi) is 8.60. The SMILES string of the molecule is CCCc1nc2c(C)cc(C(=S)NC[C@@H](C)c3ccccc3)cc2n1Cc1ccc(-c2ccccc2C(=O)O)cc1. The molecule has 1 aromatic heterocycles. The van der Waals surface area contributed by atoms with Crippen LogP contribution in [0, 0.1) is 6.92 Å². The Labute approximate surface area is 246 Å². The highest BCUT2D eigenvalue weighted by Gasteiger charge is 2.16. The molecule has 4 aromatic carbocycles. The molecule has 5 nitrogen and oxygen atoms in total. The summed E-state index contributed by atoms with van der Waals surface area (Å²) in [5, 5.41) is 13.1. The van der Waals surface area contributed by atoms with Crippen LogP contribution in [0.15, 0.2) is 91.0 Å². The van der Waals surface area contributed by atoms with Gasteiger partial charge in [-0.05, 0) is 65.3 Å². The second kappa shape index (κ2) is 12.5. The molecule has 0 spiro atoms. The van der Waals surface area contributed by atoms with Crippen molar-refractivity contribution >= 4 is 34.2 Å². The summed E-state index contributed by atoms with van der Waals surface area (Å²) in [6.07, 6.45) is 1.88. The molecule has 0 radical (unpaired) electrons. The highest BCUT2D eigenvalue weighted by Crippen LogP contribution is 2.27. The number of imidazole rings is 1. The average molecular weight is 562 g/mol. The summed E-state index contributed by atoms with van der Waals surface area (Å²) < 4.78 is 2.30. The second-order valence-electron chi connectivity index (χ2n) is 10.6. The summed E-state index contributed by atoms with van der Waals surface area (Å²) in [5.74, 6) is 0.470. The maximum absolute atomic E-state index is 11.7. The molecule has 1 atom stereocenters. The number of carboxylic acids is 1. The predicted molar refractivity (Wildman–Crippen MR) is 171 cm³/mol. The maximum atomic E-state index is 11.7. The molecule has 6 heteroatoms. The van der Waals surface area contributed by atoms with Crippen LogP contribution >= 0.6 is 12.2 Å². The van der Waals surface area contributed by atoms with Gasteiger partial charge in [-0.2, -0.15) is 0 Å². The van der Waals surface area contributed by atoms with E-state index in [0.717, 1.165) is 63.5 Å². The molecule has 0 aliphatic rings. The molecule has 2 N–H and O–H groups in total. The summed E-state index contributed by atoms with van der Waals surface area (Å²) in [7, 11) is 0.